The quantitative estimate of drug-likeness (QED) is 0.856. The number of aryl methyl sites for hydroxylation is 1. The Kier molecular flexibility index (Phi) is 3.70. The number of nitrogens with one attached hydrogen (secondary N) is 1. The fourth-order valence-electron chi connectivity index (χ4n) is 1.63. The molecule has 1 fully saturated rings. The highest BCUT2D eigenvalue weighted by atomic mass is 35.5. The van der Waals surface area contributed by atoms with Crippen molar-refractivity contribution in [3.63, 3.8) is 0 Å². The van der Waals surface area contributed by atoms with Crippen LogP contribution in [-0.2, 0) is 0 Å². The highest BCUT2D eigenvalue weighted by Gasteiger charge is 2.16. The van der Waals surface area contributed by atoms with Crippen molar-refractivity contribution < 1.29 is 0 Å². The number of benzene rings is 1. The second-order valence-electron chi connectivity index (χ2n) is 3.79. The molecule has 1 heterocycles. The van der Waals surface area contributed by atoms with Crippen LogP contribution in [0.2, 0.25) is 10.0 Å². The number of thioether (sulfide) groups is 1. The van der Waals surface area contributed by atoms with Crippen molar-refractivity contribution in [1.82, 2.24) is 0 Å². The number of hydrogen-bond donors (Lipinski definition) is 1. The number of anilines is 1. The molecule has 1 aliphatic rings. The van der Waals surface area contributed by atoms with Gasteiger partial charge >= 0.3 is 0 Å². The summed E-state index contributed by atoms with van der Waals surface area (Å²) in [6.45, 7) is 1.96. The monoisotopic (exact) mass is 261 g/mol. The lowest BCUT2D eigenvalue weighted by atomic mass is 10.2. The van der Waals surface area contributed by atoms with Crippen LogP contribution in [0.3, 0.4) is 0 Å². The summed E-state index contributed by atoms with van der Waals surface area (Å²) < 4.78 is 0. The van der Waals surface area contributed by atoms with Gasteiger partial charge in [0.05, 0.1) is 10.7 Å². The van der Waals surface area contributed by atoms with Gasteiger partial charge in [-0.1, -0.05) is 23.2 Å². The topological polar surface area (TPSA) is 12.0 Å². The standard InChI is InChI=1S/C11H13Cl2NS/c1-7-4-10(13)11(5-9(7)12)14-8-2-3-15-6-8/h4-5,8,14H,2-3,6H2,1H3. The molecular formula is C11H13Cl2NS. The summed E-state index contributed by atoms with van der Waals surface area (Å²) in [7, 11) is 0. The van der Waals surface area contributed by atoms with E-state index < -0.39 is 0 Å². The maximum atomic E-state index is 6.15. The molecule has 0 aliphatic carbocycles. The van der Waals surface area contributed by atoms with Gasteiger partial charge in [0.2, 0.25) is 0 Å². The summed E-state index contributed by atoms with van der Waals surface area (Å²) in [6, 6.07) is 4.36. The van der Waals surface area contributed by atoms with E-state index in [9.17, 15) is 0 Å². The summed E-state index contributed by atoms with van der Waals surface area (Å²) in [5.41, 5.74) is 1.98. The van der Waals surface area contributed by atoms with Crippen LogP contribution in [0.5, 0.6) is 0 Å². The summed E-state index contributed by atoms with van der Waals surface area (Å²) in [6.07, 6.45) is 1.20. The molecule has 0 spiro atoms. The molecule has 1 aromatic rings. The molecule has 0 radical (unpaired) electrons. The predicted molar refractivity (Wildman–Crippen MR) is 70.6 cm³/mol. The van der Waals surface area contributed by atoms with Gasteiger partial charge in [0.1, 0.15) is 0 Å². The first kappa shape index (κ1) is 11.4. The first-order valence-electron chi connectivity index (χ1n) is 4.97. The van der Waals surface area contributed by atoms with E-state index in [1.54, 1.807) is 0 Å². The van der Waals surface area contributed by atoms with Crippen molar-refractivity contribution >= 4 is 40.7 Å². The van der Waals surface area contributed by atoms with Crippen molar-refractivity contribution in [2.24, 2.45) is 0 Å². The largest absolute Gasteiger partial charge is 0.380 e. The average molecular weight is 262 g/mol. The molecule has 2 rings (SSSR count). The Balaban J connectivity index is 2.16. The van der Waals surface area contributed by atoms with Crippen LogP contribution >= 0.6 is 35.0 Å². The van der Waals surface area contributed by atoms with Crippen molar-refractivity contribution in [3.8, 4) is 0 Å². The van der Waals surface area contributed by atoms with Crippen LogP contribution in [0, 0.1) is 6.92 Å². The molecule has 0 saturated carbocycles. The van der Waals surface area contributed by atoms with E-state index in [2.05, 4.69) is 5.32 Å². The molecule has 0 amide bonds. The van der Waals surface area contributed by atoms with Crippen LogP contribution in [0.25, 0.3) is 0 Å². The van der Waals surface area contributed by atoms with Gasteiger partial charge in [0, 0.05) is 16.8 Å². The first-order chi connectivity index (χ1) is 7.16. The van der Waals surface area contributed by atoms with Crippen molar-refractivity contribution in [2.45, 2.75) is 19.4 Å². The minimum Gasteiger partial charge on any atom is -0.380 e. The van der Waals surface area contributed by atoms with Gasteiger partial charge in [-0.2, -0.15) is 11.8 Å². The molecular weight excluding hydrogens is 249 g/mol. The molecule has 1 aromatic carbocycles. The van der Waals surface area contributed by atoms with Gasteiger partial charge < -0.3 is 5.32 Å². The molecule has 1 atom stereocenters. The molecule has 0 bridgehead atoms. The van der Waals surface area contributed by atoms with E-state index in [1.165, 1.54) is 12.2 Å². The van der Waals surface area contributed by atoms with Crippen LogP contribution in [0.15, 0.2) is 12.1 Å². The van der Waals surface area contributed by atoms with Gasteiger partial charge in [-0.05, 0) is 36.8 Å². The lowest BCUT2D eigenvalue weighted by Gasteiger charge is -2.15. The fraction of sp³-hybridized carbons (Fsp3) is 0.455. The maximum Gasteiger partial charge on any atom is 0.0641 e. The Morgan fingerprint density at radius 2 is 2.13 bits per heavy atom. The maximum absolute atomic E-state index is 6.15. The summed E-state index contributed by atoms with van der Waals surface area (Å²) in [5.74, 6) is 2.39. The third kappa shape index (κ3) is 2.74. The summed E-state index contributed by atoms with van der Waals surface area (Å²) in [4.78, 5) is 0. The van der Waals surface area contributed by atoms with E-state index in [4.69, 9.17) is 23.2 Å². The normalized spacial score (nSPS) is 20.6. The average Bonchev–Trinajstić information content (AvgIpc) is 2.67. The Labute approximate surface area is 105 Å². The van der Waals surface area contributed by atoms with Gasteiger partial charge in [0.15, 0.2) is 0 Å². The molecule has 1 N–H and O–H groups in total. The SMILES string of the molecule is Cc1cc(Cl)c(NC2CCSC2)cc1Cl. The Morgan fingerprint density at radius 3 is 2.80 bits per heavy atom. The first-order valence-corrected chi connectivity index (χ1v) is 6.88. The lowest BCUT2D eigenvalue weighted by molar-refractivity contribution is 0.813. The number of halogens is 2. The van der Waals surface area contributed by atoms with E-state index in [0.717, 1.165) is 27.0 Å². The zero-order valence-electron chi connectivity index (χ0n) is 8.52. The second-order valence-corrected chi connectivity index (χ2v) is 5.75. The minimum absolute atomic E-state index is 0.534. The van der Waals surface area contributed by atoms with E-state index in [0.29, 0.717) is 6.04 Å². The highest BCUT2D eigenvalue weighted by molar-refractivity contribution is 7.99. The predicted octanol–water partition coefficient (Wildman–Crippen LogP) is 4.22. The second kappa shape index (κ2) is 4.86. The van der Waals surface area contributed by atoms with Gasteiger partial charge in [-0.3, -0.25) is 0 Å². The van der Waals surface area contributed by atoms with E-state index >= 15 is 0 Å². The Hall–Kier alpha value is -0.0500. The zero-order chi connectivity index (χ0) is 10.8. The van der Waals surface area contributed by atoms with E-state index in [-0.39, 0.29) is 0 Å². The molecule has 4 heteroatoms. The van der Waals surface area contributed by atoms with Crippen LogP contribution < -0.4 is 5.32 Å². The molecule has 0 aromatic heterocycles. The van der Waals surface area contributed by atoms with Crippen molar-refractivity contribution in [2.75, 3.05) is 16.8 Å². The molecule has 1 aliphatic heterocycles. The Bertz CT molecular complexity index is 362. The van der Waals surface area contributed by atoms with E-state index in [1.807, 2.05) is 30.8 Å². The summed E-state index contributed by atoms with van der Waals surface area (Å²) >= 11 is 14.2. The molecule has 1 unspecified atom stereocenters. The van der Waals surface area contributed by atoms with Crippen molar-refractivity contribution in [1.29, 1.82) is 0 Å². The van der Waals surface area contributed by atoms with Gasteiger partial charge in [0.25, 0.3) is 0 Å². The molecule has 1 nitrogen and oxygen atoms in total. The Morgan fingerprint density at radius 1 is 1.33 bits per heavy atom. The van der Waals surface area contributed by atoms with Gasteiger partial charge in [-0.15, -0.1) is 0 Å². The van der Waals surface area contributed by atoms with Gasteiger partial charge in [-0.25, -0.2) is 0 Å². The molecule has 82 valence electrons. The third-order valence-corrected chi connectivity index (χ3v) is 4.42. The minimum atomic E-state index is 0.534. The van der Waals surface area contributed by atoms with Crippen LogP contribution in [0.4, 0.5) is 5.69 Å². The van der Waals surface area contributed by atoms with Crippen LogP contribution in [0.1, 0.15) is 12.0 Å². The fourth-order valence-corrected chi connectivity index (χ4v) is 3.21. The third-order valence-electron chi connectivity index (χ3n) is 2.54. The van der Waals surface area contributed by atoms with Crippen LogP contribution in [-0.4, -0.2) is 17.5 Å². The zero-order valence-corrected chi connectivity index (χ0v) is 10.8. The number of rotatable bonds is 2. The summed E-state index contributed by atoms with van der Waals surface area (Å²) in [5, 5.41) is 4.97. The van der Waals surface area contributed by atoms with Crippen molar-refractivity contribution in [3.05, 3.63) is 27.7 Å². The molecule has 15 heavy (non-hydrogen) atoms. The molecule has 1 saturated heterocycles. The highest BCUT2D eigenvalue weighted by Crippen LogP contribution is 2.31. The lowest BCUT2D eigenvalue weighted by Crippen LogP contribution is -2.18. The smallest absolute Gasteiger partial charge is 0.0641 e. The number of hydrogen-bond acceptors (Lipinski definition) is 2.